The number of aliphatic hydroxyl groups excluding tert-OH is 2. The van der Waals surface area contributed by atoms with Gasteiger partial charge in [0.2, 0.25) is 5.88 Å². The molecule has 212 valence electrons. The van der Waals surface area contributed by atoms with E-state index in [9.17, 15) is 23.5 Å². The molecule has 1 atom stereocenters. The first-order chi connectivity index (χ1) is 19.3. The Kier molecular flexibility index (Phi) is 8.87. The number of H-pyrrole nitrogens is 1. The van der Waals surface area contributed by atoms with Crippen molar-refractivity contribution in [3.63, 3.8) is 0 Å². The summed E-state index contributed by atoms with van der Waals surface area (Å²) in [7, 11) is 0. The first kappa shape index (κ1) is 29.1. The van der Waals surface area contributed by atoms with Crippen molar-refractivity contribution in [2.75, 3.05) is 18.5 Å². The molecule has 0 bridgehead atoms. The van der Waals surface area contributed by atoms with Crippen LogP contribution >= 0.6 is 0 Å². The number of carbonyl (C=O) groups excluding carboxylic acids is 1. The highest BCUT2D eigenvalue weighted by molar-refractivity contribution is 6.04. The van der Waals surface area contributed by atoms with Crippen molar-refractivity contribution in [1.29, 1.82) is 0 Å². The summed E-state index contributed by atoms with van der Waals surface area (Å²) in [4.78, 5) is 29.7. The summed E-state index contributed by atoms with van der Waals surface area (Å²) in [5.41, 5.74) is -0.436. The molecule has 0 unspecified atom stereocenters. The second-order valence-electron chi connectivity index (χ2n) is 8.35. The van der Waals surface area contributed by atoms with Gasteiger partial charge in [-0.15, -0.1) is 5.10 Å². The normalized spacial score (nSPS) is 11.5. The number of ether oxygens (including phenoxy) is 2. The number of anilines is 1. The molecule has 12 nitrogen and oxygen atoms in total. The monoisotopic (exact) mass is 586 g/mol. The number of pyridine rings is 1. The van der Waals surface area contributed by atoms with Gasteiger partial charge in [0.25, 0.3) is 11.5 Å². The van der Waals surface area contributed by atoms with E-state index in [0.29, 0.717) is 0 Å². The molecule has 1 amide bonds. The minimum Gasteiger partial charge on any atom is -1.00 e. The summed E-state index contributed by atoms with van der Waals surface area (Å²) < 4.78 is 40.3. The lowest BCUT2D eigenvalue weighted by Crippen LogP contribution is -3.00. The summed E-state index contributed by atoms with van der Waals surface area (Å²) >= 11 is 0. The minimum atomic E-state index is -1.13. The van der Waals surface area contributed by atoms with E-state index in [-0.39, 0.29) is 65.8 Å². The molecule has 0 aliphatic rings. The average molecular weight is 587 g/mol. The Bertz CT molecular complexity index is 1750. The van der Waals surface area contributed by atoms with Crippen molar-refractivity contribution in [2.45, 2.75) is 6.10 Å². The number of aromatic amines is 1. The number of benzene rings is 2. The van der Waals surface area contributed by atoms with Gasteiger partial charge in [0.1, 0.15) is 35.2 Å². The van der Waals surface area contributed by atoms with Gasteiger partial charge in [-0.2, -0.15) is 9.78 Å². The lowest BCUT2D eigenvalue weighted by atomic mass is 10.2. The highest BCUT2D eigenvalue weighted by Gasteiger charge is 2.19. The smallest absolute Gasteiger partial charge is 1.00 e. The number of fused-ring (bicyclic) bond motifs is 1. The quantitative estimate of drug-likeness (QED) is 0.181. The van der Waals surface area contributed by atoms with Crippen LogP contribution in [0.15, 0.2) is 71.8 Å². The summed E-state index contributed by atoms with van der Waals surface area (Å²) in [5.74, 6) is -2.17. The number of nitrogens with one attached hydrogen (secondary N) is 2. The molecule has 4 N–H and O–H groups in total. The van der Waals surface area contributed by atoms with Gasteiger partial charge in [-0.3, -0.25) is 14.7 Å². The van der Waals surface area contributed by atoms with Crippen LogP contribution in [0.25, 0.3) is 16.7 Å². The Hall–Kier alpha value is -4.92. The van der Waals surface area contributed by atoms with E-state index in [1.165, 1.54) is 48.8 Å². The largest absolute Gasteiger partial charge is 1.00 e. The standard InChI is InChI=1S/C26H20F2N6O6.ClH/c27-14-1-4-16(5-2-14)34-26(38)18(7-10-30-34)24(37)31-15-3-6-20(19(28)11-15)40-21-8-9-29-23-22(21)25(33-32-23)39-13-17(36)12-35;/h1-11,17,35-36H,12-13H2,(H,31,37)(H,29,32,33);1H/t17-;/m0./s1. The predicted octanol–water partition coefficient (Wildman–Crippen LogP) is -0.325. The fourth-order valence-corrected chi connectivity index (χ4v) is 3.64. The second kappa shape index (κ2) is 12.5. The third-order valence-electron chi connectivity index (χ3n) is 5.58. The number of aliphatic hydroxyl groups is 2. The van der Waals surface area contributed by atoms with Crippen LogP contribution in [0.1, 0.15) is 11.8 Å². The Morgan fingerprint density at radius 1 is 1.10 bits per heavy atom. The molecule has 0 saturated heterocycles. The molecular weight excluding hydrogens is 566 g/mol. The SMILES string of the molecule is O=C(Nc1ccc(Oc2ccnc3[nH]nc(OC[C@@H](O)CO)c23)c(F)c1)c1ccnn(-c2ccc(F)cc2)c1=O.[Cl-].[H+]. The summed E-state index contributed by atoms with van der Waals surface area (Å²) in [6.07, 6.45) is 1.51. The van der Waals surface area contributed by atoms with Crippen molar-refractivity contribution in [3.8, 4) is 23.1 Å². The van der Waals surface area contributed by atoms with Gasteiger partial charge in [-0.1, -0.05) is 0 Å². The molecule has 0 radical (unpaired) electrons. The summed E-state index contributed by atoms with van der Waals surface area (Å²) in [6.45, 7) is -0.760. The van der Waals surface area contributed by atoms with E-state index in [1.807, 2.05) is 0 Å². The Labute approximate surface area is 237 Å². The van der Waals surface area contributed by atoms with Crippen LogP contribution in [0.2, 0.25) is 0 Å². The van der Waals surface area contributed by atoms with Gasteiger partial charge >= 0.3 is 1.43 Å². The third kappa shape index (κ3) is 6.30. The molecule has 15 heteroatoms. The lowest BCUT2D eigenvalue weighted by Gasteiger charge is -2.12. The van der Waals surface area contributed by atoms with Crippen LogP contribution < -0.4 is 32.8 Å². The Morgan fingerprint density at radius 2 is 1.88 bits per heavy atom. The zero-order valence-corrected chi connectivity index (χ0v) is 21.5. The average Bonchev–Trinajstić information content (AvgIpc) is 3.38. The van der Waals surface area contributed by atoms with Crippen LogP contribution in [-0.2, 0) is 0 Å². The van der Waals surface area contributed by atoms with Crippen LogP contribution in [0.4, 0.5) is 14.5 Å². The van der Waals surface area contributed by atoms with Crippen LogP contribution in [0.3, 0.4) is 0 Å². The maximum Gasteiger partial charge on any atom is 1.00 e. The number of hydrogen-bond acceptors (Lipinski definition) is 9. The van der Waals surface area contributed by atoms with E-state index in [1.54, 1.807) is 0 Å². The van der Waals surface area contributed by atoms with E-state index in [2.05, 4.69) is 25.6 Å². The number of nitrogens with zero attached hydrogens (tertiary/aromatic N) is 4. The summed E-state index contributed by atoms with van der Waals surface area (Å²) in [6, 6.07) is 11.3. The molecule has 3 heterocycles. The molecule has 0 fully saturated rings. The number of hydrogen-bond donors (Lipinski definition) is 4. The van der Waals surface area contributed by atoms with E-state index >= 15 is 0 Å². The Balaban J connectivity index is 0.00000242. The van der Waals surface area contributed by atoms with Gasteiger partial charge < -0.3 is 37.4 Å². The minimum absolute atomic E-state index is 0. The maximum absolute atomic E-state index is 15.0. The molecule has 0 aliphatic carbocycles. The van der Waals surface area contributed by atoms with Crippen molar-refractivity contribution in [2.24, 2.45) is 0 Å². The number of aromatic nitrogens is 5. The molecule has 5 aromatic rings. The number of halogens is 3. The number of rotatable bonds is 9. The van der Waals surface area contributed by atoms with Gasteiger partial charge in [0.15, 0.2) is 17.2 Å². The van der Waals surface area contributed by atoms with Crippen LogP contribution in [0.5, 0.6) is 17.4 Å². The third-order valence-corrected chi connectivity index (χ3v) is 5.58. The van der Waals surface area contributed by atoms with Crippen molar-refractivity contribution in [1.82, 2.24) is 25.0 Å². The molecule has 5 rings (SSSR count). The molecule has 41 heavy (non-hydrogen) atoms. The number of carbonyl (C=O) groups is 1. The second-order valence-corrected chi connectivity index (χ2v) is 8.35. The zero-order valence-electron chi connectivity index (χ0n) is 21.8. The topological polar surface area (TPSA) is 164 Å². The van der Waals surface area contributed by atoms with Gasteiger partial charge in [0.05, 0.1) is 12.3 Å². The van der Waals surface area contributed by atoms with Crippen molar-refractivity contribution < 1.29 is 47.1 Å². The van der Waals surface area contributed by atoms with E-state index in [4.69, 9.17) is 14.6 Å². The fraction of sp³-hybridized carbons (Fsp3) is 0.115. The zero-order chi connectivity index (χ0) is 28.2. The Morgan fingerprint density at radius 3 is 2.61 bits per heavy atom. The molecule has 0 aliphatic heterocycles. The highest BCUT2D eigenvalue weighted by Crippen LogP contribution is 2.35. The predicted molar refractivity (Wildman–Crippen MR) is 138 cm³/mol. The van der Waals surface area contributed by atoms with E-state index in [0.717, 1.165) is 22.9 Å². The fourth-order valence-electron chi connectivity index (χ4n) is 3.64. The first-order valence-electron chi connectivity index (χ1n) is 11.7. The molecular formula is C26H21ClF2N6O6. The molecule has 0 spiro atoms. The first-order valence-corrected chi connectivity index (χ1v) is 11.7. The van der Waals surface area contributed by atoms with Crippen molar-refractivity contribution in [3.05, 3.63) is 94.5 Å². The van der Waals surface area contributed by atoms with Crippen LogP contribution in [-0.4, -0.2) is 60.4 Å². The van der Waals surface area contributed by atoms with Crippen LogP contribution in [0, 0.1) is 11.6 Å². The number of amides is 1. The maximum atomic E-state index is 15.0. The lowest BCUT2D eigenvalue weighted by molar-refractivity contribution is -0.0000193. The molecule has 0 saturated carbocycles. The molecule has 2 aromatic carbocycles. The molecule has 3 aromatic heterocycles. The van der Waals surface area contributed by atoms with E-state index < -0.39 is 35.8 Å². The summed E-state index contributed by atoms with van der Waals surface area (Å²) in [5, 5.41) is 31.8. The van der Waals surface area contributed by atoms with Gasteiger partial charge in [-0.05, 0) is 42.5 Å². The highest BCUT2D eigenvalue weighted by atomic mass is 35.5. The van der Waals surface area contributed by atoms with Gasteiger partial charge in [0, 0.05) is 30.2 Å². The van der Waals surface area contributed by atoms with Crippen molar-refractivity contribution >= 4 is 22.6 Å². The van der Waals surface area contributed by atoms with Gasteiger partial charge in [-0.25, -0.2) is 13.8 Å².